The number of hydrogen-bond acceptors (Lipinski definition) is 4. The van der Waals surface area contributed by atoms with E-state index >= 15 is 0 Å². The van der Waals surface area contributed by atoms with Crippen LogP contribution in [0.1, 0.15) is 57.9 Å². The molecule has 1 aromatic carbocycles. The summed E-state index contributed by atoms with van der Waals surface area (Å²) in [4.78, 5) is 12.1. The lowest BCUT2D eigenvalue weighted by atomic mass is 9.57. The van der Waals surface area contributed by atoms with Crippen molar-refractivity contribution in [2.75, 3.05) is 6.61 Å². The Morgan fingerprint density at radius 1 is 1.04 bits per heavy atom. The highest BCUT2D eigenvalue weighted by Gasteiger charge is 2.68. The summed E-state index contributed by atoms with van der Waals surface area (Å²) in [6, 6.07) is 10.8. The molecule has 4 saturated heterocycles. The highest BCUT2D eigenvalue weighted by molar-refractivity contribution is 5.15. The minimum Gasteiger partial charge on any atom is -0.349 e. The van der Waals surface area contributed by atoms with E-state index in [2.05, 4.69) is 37.3 Å². The first-order valence-corrected chi connectivity index (χ1v) is 10.8. The lowest BCUT2D eigenvalue weighted by Crippen LogP contribution is -2.69. The molecule has 2 bridgehead atoms. The molecule has 0 unspecified atom stereocenters. The molecule has 4 heterocycles. The molecule has 0 amide bonds. The fourth-order valence-corrected chi connectivity index (χ4v) is 6.22. The molecule has 4 heteroatoms. The minimum absolute atomic E-state index is 0.276. The Morgan fingerprint density at radius 2 is 1.89 bits per heavy atom. The number of aryl methyl sites for hydroxylation is 1. The lowest BCUT2D eigenvalue weighted by molar-refractivity contribution is -0.567. The molecule has 4 nitrogen and oxygen atoms in total. The van der Waals surface area contributed by atoms with E-state index in [9.17, 15) is 0 Å². The van der Waals surface area contributed by atoms with Crippen LogP contribution in [0.3, 0.4) is 0 Å². The van der Waals surface area contributed by atoms with Crippen LogP contribution < -0.4 is 0 Å². The summed E-state index contributed by atoms with van der Waals surface area (Å²) in [5.41, 5.74) is 1.01. The predicted octanol–water partition coefficient (Wildman–Crippen LogP) is 4.87. The Hall–Kier alpha value is -0.940. The van der Waals surface area contributed by atoms with Crippen molar-refractivity contribution in [3.8, 4) is 0 Å². The number of rotatable bonds is 4. The first kappa shape index (κ1) is 18.1. The van der Waals surface area contributed by atoms with E-state index in [1.165, 1.54) is 31.2 Å². The topological polar surface area (TPSA) is 36.9 Å². The van der Waals surface area contributed by atoms with Crippen molar-refractivity contribution in [1.29, 1.82) is 0 Å². The average Bonchev–Trinajstić information content (AvgIpc) is 2.91. The highest BCUT2D eigenvalue weighted by atomic mass is 17.3. The van der Waals surface area contributed by atoms with Crippen molar-refractivity contribution in [2.24, 2.45) is 23.7 Å². The molecule has 5 aliphatic rings. The van der Waals surface area contributed by atoms with Gasteiger partial charge >= 0.3 is 0 Å². The van der Waals surface area contributed by atoms with Gasteiger partial charge in [-0.2, -0.15) is 0 Å². The van der Waals surface area contributed by atoms with Crippen LogP contribution in [0.2, 0.25) is 0 Å². The molecule has 148 valence electrons. The Balaban J connectivity index is 1.35. The minimum atomic E-state index is -0.655. The molecule has 0 aromatic heterocycles. The van der Waals surface area contributed by atoms with Gasteiger partial charge in [-0.05, 0) is 68.8 Å². The summed E-state index contributed by atoms with van der Waals surface area (Å²) < 4.78 is 12.7. The number of hydrogen-bond donors (Lipinski definition) is 0. The fraction of sp³-hybridized carbons (Fsp3) is 0.739. The van der Waals surface area contributed by atoms with Gasteiger partial charge in [0.15, 0.2) is 11.9 Å². The van der Waals surface area contributed by atoms with Crippen LogP contribution in [0, 0.1) is 23.7 Å². The van der Waals surface area contributed by atoms with Crippen LogP contribution in [-0.2, 0) is 25.7 Å². The lowest BCUT2D eigenvalue weighted by Gasteiger charge is -2.59. The zero-order valence-corrected chi connectivity index (χ0v) is 16.6. The molecule has 1 saturated carbocycles. The maximum Gasteiger partial charge on any atom is 0.201 e. The summed E-state index contributed by atoms with van der Waals surface area (Å²) in [6.45, 7) is 5.15. The number of benzene rings is 1. The Kier molecular flexibility index (Phi) is 4.59. The zero-order valence-electron chi connectivity index (χ0n) is 16.6. The third-order valence-electron chi connectivity index (χ3n) is 7.69. The molecule has 0 N–H and O–H groups in total. The van der Waals surface area contributed by atoms with E-state index in [0.29, 0.717) is 23.7 Å². The van der Waals surface area contributed by atoms with E-state index in [4.69, 9.17) is 19.2 Å². The van der Waals surface area contributed by atoms with Gasteiger partial charge in [0.25, 0.3) is 0 Å². The van der Waals surface area contributed by atoms with Crippen molar-refractivity contribution >= 4 is 0 Å². The smallest absolute Gasteiger partial charge is 0.201 e. The summed E-state index contributed by atoms with van der Waals surface area (Å²) in [5, 5.41) is 0. The van der Waals surface area contributed by atoms with E-state index in [-0.39, 0.29) is 6.29 Å². The first-order valence-electron chi connectivity index (χ1n) is 10.8. The van der Waals surface area contributed by atoms with Crippen molar-refractivity contribution < 1.29 is 19.2 Å². The molecule has 27 heavy (non-hydrogen) atoms. The normalized spacial score (nSPS) is 45.9. The molecular weight excluding hydrogens is 340 g/mol. The van der Waals surface area contributed by atoms with Crippen molar-refractivity contribution in [3.63, 3.8) is 0 Å². The molecule has 6 rings (SSSR count). The summed E-state index contributed by atoms with van der Waals surface area (Å²) in [5.74, 6) is 1.42. The maximum absolute atomic E-state index is 6.33. The van der Waals surface area contributed by atoms with Crippen LogP contribution >= 0.6 is 0 Å². The van der Waals surface area contributed by atoms with Crippen LogP contribution in [-0.4, -0.2) is 24.3 Å². The van der Waals surface area contributed by atoms with Crippen molar-refractivity contribution in [2.45, 2.75) is 76.5 Å². The SMILES string of the molecule is C[C@@H]1CC[C@H]2[C@@H](CCCc3ccccc3)CO[C@@H]3O[C@@]4(C)CC[C@@H]1[C@]32OO4. The first-order chi connectivity index (χ1) is 13.1. The van der Waals surface area contributed by atoms with Crippen molar-refractivity contribution in [1.82, 2.24) is 0 Å². The molecule has 5 fully saturated rings. The average molecular weight is 373 g/mol. The molecule has 0 radical (unpaired) electrons. The van der Waals surface area contributed by atoms with Crippen LogP contribution in [0.15, 0.2) is 30.3 Å². The largest absolute Gasteiger partial charge is 0.349 e. The summed E-state index contributed by atoms with van der Waals surface area (Å²) in [7, 11) is 0. The van der Waals surface area contributed by atoms with E-state index in [0.717, 1.165) is 25.9 Å². The second-order valence-corrected chi connectivity index (χ2v) is 9.38. The Bertz CT molecular complexity index is 664. The number of fused-ring (bicyclic) bond motifs is 2. The van der Waals surface area contributed by atoms with Gasteiger partial charge in [0, 0.05) is 12.3 Å². The van der Waals surface area contributed by atoms with E-state index < -0.39 is 11.4 Å². The molecule has 1 aromatic rings. The van der Waals surface area contributed by atoms with Gasteiger partial charge in [-0.1, -0.05) is 37.3 Å². The van der Waals surface area contributed by atoms with Gasteiger partial charge in [0.05, 0.1) is 6.61 Å². The van der Waals surface area contributed by atoms with Crippen LogP contribution in [0.25, 0.3) is 0 Å². The van der Waals surface area contributed by atoms with Crippen LogP contribution in [0.5, 0.6) is 0 Å². The van der Waals surface area contributed by atoms with E-state index in [1.807, 2.05) is 6.92 Å². The molecular formula is C23H32O4. The van der Waals surface area contributed by atoms with Gasteiger partial charge < -0.3 is 9.47 Å². The van der Waals surface area contributed by atoms with Crippen LogP contribution in [0.4, 0.5) is 0 Å². The molecule has 1 aliphatic carbocycles. The predicted molar refractivity (Wildman–Crippen MR) is 102 cm³/mol. The zero-order chi connectivity index (χ0) is 18.5. The van der Waals surface area contributed by atoms with Gasteiger partial charge in [0.2, 0.25) is 5.79 Å². The van der Waals surface area contributed by atoms with Gasteiger partial charge in [-0.15, -0.1) is 0 Å². The quantitative estimate of drug-likeness (QED) is 0.707. The second kappa shape index (κ2) is 6.84. The highest BCUT2D eigenvalue weighted by Crippen LogP contribution is 2.60. The third-order valence-corrected chi connectivity index (χ3v) is 7.69. The maximum atomic E-state index is 6.33. The fourth-order valence-electron chi connectivity index (χ4n) is 6.22. The Morgan fingerprint density at radius 3 is 2.74 bits per heavy atom. The van der Waals surface area contributed by atoms with E-state index in [1.54, 1.807) is 0 Å². The second-order valence-electron chi connectivity index (χ2n) is 9.38. The summed E-state index contributed by atoms with van der Waals surface area (Å²) in [6.07, 6.45) is 7.68. The van der Waals surface area contributed by atoms with Gasteiger partial charge in [-0.3, -0.25) is 0 Å². The molecule has 4 aliphatic heterocycles. The molecule has 7 atom stereocenters. The van der Waals surface area contributed by atoms with Gasteiger partial charge in [-0.25, -0.2) is 9.78 Å². The summed E-state index contributed by atoms with van der Waals surface area (Å²) >= 11 is 0. The third kappa shape index (κ3) is 2.96. The standard InChI is InChI=1S/C23H32O4/c1-16-11-12-20-18(10-6-9-17-7-4-3-5-8-17)15-24-21-23(20)19(16)13-14-22(2,25-21)26-27-23/h3-5,7-8,16,18-21H,6,9-15H2,1-2H3/t16-,18+,19+,20+,21-,22-,23-/m1/s1. The van der Waals surface area contributed by atoms with Gasteiger partial charge in [0.1, 0.15) is 0 Å². The monoisotopic (exact) mass is 372 g/mol. The Labute approximate surface area is 162 Å². The molecule has 1 spiro atoms. The number of ether oxygens (including phenoxy) is 2. The van der Waals surface area contributed by atoms with Crippen molar-refractivity contribution in [3.05, 3.63) is 35.9 Å².